The van der Waals surface area contributed by atoms with E-state index in [-0.39, 0.29) is 11.6 Å². The third kappa shape index (κ3) is 1.14. The molecule has 58 valence electrons. The Labute approximate surface area is 61.2 Å². The Hall–Kier alpha value is -0.570. The van der Waals surface area contributed by atoms with Crippen LogP contribution in [0.1, 0.15) is 26.7 Å². The van der Waals surface area contributed by atoms with Gasteiger partial charge in [-0.1, -0.05) is 0 Å². The highest BCUT2D eigenvalue weighted by atomic mass is 16.2. The number of carbonyl (C=O) groups excluding carboxylic acids is 1. The van der Waals surface area contributed by atoms with Crippen molar-refractivity contribution in [3.8, 4) is 0 Å². The maximum Gasteiger partial charge on any atom is 0.220 e. The lowest BCUT2D eigenvalue weighted by Gasteiger charge is -2.30. The maximum atomic E-state index is 10.9. The van der Waals surface area contributed by atoms with Gasteiger partial charge in [-0.2, -0.15) is 0 Å². The summed E-state index contributed by atoms with van der Waals surface area (Å²) in [5.74, 6) is 0.0856. The summed E-state index contributed by atoms with van der Waals surface area (Å²) in [6.45, 7) is 4.29. The lowest BCUT2D eigenvalue weighted by molar-refractivity contribution is -0.132. The first-order chi connectivity index (χ1) is 4.54. The average molecular weight is 142 g/mol. The van der Waals surface area contributed by atoms with E-state index in [9.17, 15) is 4.79 Å². The molecule has 0 saturated carbocycles. The fraction of sp³-hybridized carbons (Fsp3) is 0.857. The highest BCUT2D eigenvalue weighted by Crippen LogP contribution is 2.22. The molecule has 1 aliphatic rings. The van der Waals surface area contributed by atoms with Gasteiger partial charge in [-0.25, -0.2) is 0 Å². The summed E-state index contributed by atoms with van der Waals surface area (Å²) in [7, 11) is 0. The molecule has 3 nitrogen and oxygen atoms in total. The molecule has 0 aromatic heterocycles. The van der Waals surface area contributed by atoms with E-state index in [0.717, 1.165) is 19.4 Å². The van der Waals surface area contributed by atoms with E-state index >= 15 is 0 Å². The molecule has 1 fully saturated rings. The van der Waals surface area contributed by atoms with Crippen LogP contribution in [-0.4, -0.2) is 23.0 Å². The first kappa shape index (κ1) is 7.54. The zero-order valence-corrected chi connectivity index (χ0v) is 6.55. The summed E-state index contributed by atoms with van der Waals surface area (Å²) >= 11 is 0. The van der Waals surface area contributed by atoms with Crippen LogP contribution in [0.4, 0.5) is 0 Å². The molecule has 1 rings (SSSR count). The van der Waals surface area contributed by atoms with Crippen molar-refractivity contribution >= 4 is 5.91 Å². The van der Waals surface area contributed by atoms with E-state index in [1.165, 1.54) is 0 Å². The topological polar surface area (TPSA) is 46.3 Å². The predicted octanol–water partition coefficient (Wildman–Crippen LogP) is 0.304. The SMILES string of the molecule is CC(=O)N1CCCC1(C)N. The molecule has 1 amide bonds. The molecule has 3 heteroatoms. The smallest absolute Gasteiger partial charge is 0.220 e. The molecule has 0 radical (unpaired) electrons. The minimum Gasteiger partial charge on any atom is -0.325 e. The Morgan fingerprint density at radius 1 is 1.70 bits per heavy atom. The summed E-state index contributed by atoms with van der Waals surface area (Å²) in [4.78, 5) is 12.6. The van der Waals surface area contributed by atoms with E-state index in [1.54, 1.807) is 11.8 Å². The van der Waals surface area contributed by atoms with Crippen molar-refractivity contribution in [1.82, 2.24) is 4.90 Å². The number of rotatable bonds is 0. The number of likely N-dealkylation sites (tertiary alicyclic amines) is 1. The van der Waals surface area contributed by atoms with Gasteiger partial charge in [0.05, 0.1) is 5.66 Å². The maximum absolute atomic E-state index is 10.9. The zero-order chi connectivity index (χ0) is 7.78. The van der Waals surface area contributed by atoms with Crippen molar-refractivity contribution in [1.29, 1.82) is 0 Å². The molecule has 1 saturated heterocycles. The normalized spacial score (nSPS) is 32.9. The molecule has 1 unspecified atom stereocenters. The molecule has 1 heterocycles. The van der Waals surface area contributed by atoms with Crippen LogP contribution in [0.2, 0.25) is 0 Å². The highest BCUT2D eigenvalue weighted by molar-refractivity contribution is 5.74. The number of nitrogens with zero attached hydrogens (tertiary/aromatic N) is 1. The number of nitrogens with two attached hydrogens (primary N) is 1. The fourth-order valence-electron chi connectivity index (χ4n) is 1.50. The second-order valence-electron chi connectivity index (χ2n) is 3.13. The summed E-state index contributed by atoms with van der Waals surface area (Å²) in [6, 6.07) is 0. The van der Waals surface area contributed by atoms with Crippen molar-refractivity contribution in [3.63, 3.8) is 0 Å². The molecule has 0 spiro atoms. The van der Waals surface area contributed by atoms with Gasteiger partial charge in [0.25, 0.3) is 0 Å². The number of amides is 1. The highest BCUT2D eigenvalue weighted by Gasteiger charge is 2.33. The number of hydrogen-bond acceptors (Lipinski definition) is 2. The molecule has 2 N–H and O–H groups in total. The first-order valence-electron chi connectivity index (χ1n) is 3.61. The Kier molecular flexibility index (Phi) is 1.68. The summed E-state index contributed by atoms with van der Waals surface area (Å²) < 4.78 is 0. The van der Waals surface area contributed by atoms with Gasteiger partial charge in [-0.3, -0.25) is 4.79 Å². The average Bonchev–Trinajstić information content (AvgIpc) is 2.08. The molecule has 0 aliphatic carbocycles. The van der Waals surface area contributed by atoms with Gasteiger partial charge in [0.1, 0.15) is 0 Å². The monoisotopic (exact) mass is 142 g/mol. The molecule has 0 bridgehead atoms. The van der Waals surface area contributed by atoms with Gasteiger partial charge >= 0.3 is 0 Å². The summed E-state index contributed by atoms with van der Waals surface area (Å²) in [5, 5.41) is 0. The van der Waals surface area contributed by atoms with Crippen molar-refractivity contribution in [2.45, 2.75) is 32.4 Å². The van der Waals surface area contributed by atoms with Gasteiger partial charge in [0, 0.05) is 13.5 Å². The largest absolute Gasteiger partial charge is 0.325 e. The standard InChI is InChI=1S/C7H14N2O/c1-6(10)9-5-3-4-7(9,2)8/h3-5,8H2,1-2H3. The van der Waals surface area contributed by atoms with Crippen LogP contribution in [0, 0.1) is 0 Å². The minimum atomic E-state index is -0.383. The van der Waals surface area contributed by atoms with Crippen LogP contribution < -0.4 is 5.73 Å². The number of carbonyl (C=O) groups is 1. The van der Waals surface area contributed by atoms with E-state index in [1.807, 2.05) is 6.92 Å². The first-order valence-corrected chi connectivity index (χ1v) is 3.61. The fourth-order valence-corrected chi connectivity index (χ4v) is 1.50. The third-order valence-corrected chi connectivity index (χ3v) is 2.06. The van der Waals surface area contributed by atoms with Crippen LogP contribution in [0.25, 0.3) is 0 Å². The predicted molar refractivity (Wildman–Crippen MR) is 39.2 cm³/mol. The van der Waals surface area contributed by atoms with Crippen LogP contribution in [0.3, 0.4) is 0 Å². The molecular formula is C7H14N2O. The zero-order valence-electron chi connectivity index (χ0n) is 6.55. The minimum absolute atomic E-state index is 0.0856. The lowest BCUT2D eigenvalue weighted by Crippen LogP contribution is -2.51. The molecule has 0 aromatic rings. The Morgan fingerprint density at radius 3 is 2.50 bits per heavy atom. The van der Waals surface area contributed by atoms with Crippen LogP contribution in [0.15, 0.2) is 0 Å². The van der Waals surface area contributed by atoms with Gasteiger partial charge in [-0.05, 0) is 19.8 Å². The Morgan fingerprint density at radius 2 is 2.30 bits per heavy atom. The van der Waals surface area contributed by atoms with Gasteiger partial charge in [-0.15, -0.1) is 0 Å². The van der Waals surface area contributed by atoms with Crippen molar-refractivity contribution < 1.29 is 4.79 Å². The second-order valence-corrected chi connectivity index (χ2v) is 3.13. The van der Waals surface area contributed by atoms with Crippen molar-refractivity contribution in [2.75, 3.05) is 6.54 Å². The van der Waals surface area contributed by atoms with E-state index in [4.69, 9.17) is 5.73 Å². The lowest BCUT2D eigenvalue weighted by atomic mass is 10.1. The summed E-state index contributed by atoms with van der Waals surface area (Å²) in [5.41, 5.74) is 5.44. The molecular weight excluding hydrogens is 128 g/mol. The quantitative estimate of drug-likeness (QED) is 0.529. The van der Waals surface area contributed by atoms with Crippen molar-refractivity contribution in [2.24, 2.45) is 5.73 Å². The van der Waals surface area contributed by atoms with Gasteiger partial charge in [0.2, 0.25) is 5.91 Å². The van der Waals surface area contributed by atoms with Crippen LogP contribution in [0.5, 0.6) is 0 Å². The Balaban J connectivity index is 2.68. The van der Waals surface area contributed by atoms with Crippen molar-refractivity contribution in [3.05, 3.63) is 0 Å². The van der Waals surface area contributed by atoms with E-state index in [2.05, 4.69) is 0 Å². The Bertz CT molecular complexity index is 154. The molecule has 1 atom stereocenters. The van der Waals surface area contributed by atoms with Gasteiger partial charge < -0.3 is 10.6 Å². The van der Waals surface area contributed by atoms with Crippen LogP contribution in [-0.2, 0) is 4.79 Å². The summed E-state index contributed by atoms with van der Waals surface area (Å²) in [6.07, 6.45) is 1.96. The molecule has 0 aromatic carbocycles. The third-order valence-electron chi connectivity index (χ3n) is 2.06. The molecule has 1 aliphatic heterocycles. The number of hydrogen-bond donors (Lipinski definition) is 1. The molecule has 10 heavy (non-hydrogen) atoms. The van der Waals surface area contributed by atoms with Crippen LogP contribution >= 0.6 is 0 Å². The van der Waals surface area contributed by atoms with E-state index in [0.29, 0.717) is 0 Å². The van der Waals surface area contributed by atoms with E-state index < -0.39 is 0 Å². The second kappa shape index (κ2) is 2.23. The van der Waals surface area contributed by atoms with Gasteiger partial charge in [0.15, 0.2) is 0 Å².